The number of para-hydroxylation sites is 1. The van der Waals surface area contributed by atoms with E-state index in [4.69, 9.17) is 16.6 Å². The molecule has 5 nitrogen and oxygen atoms in total. The standard InChI is InChI=1S/C16H11IN2O3S/c1-9-4-2-3-5-12(9)19-15(21)11(14(20)18-16(19)23)8-10-6-7-13(17)22-10/h2-8H,1H3,(H,18,20,23)/b11-8+. The van der Waals surface area contributed by atoms with Crippen molar-refractivity contribution in [1.29, 1.82) is 0 Å². The lowest BCUT2D eigenvalue weighted by atomic mass is 10.1. The Balaban J connectivity index is 2.04. The molecule has 2 heterocycles. The number of carbonyl (C=O) groups is 2. The number of anilines is 1. The van der Waals surface area contributed by atoms with Gasteiger partial charge in [-0.3, -0.25) is 19.8 Å². The van der Waals surface area contributed by atoms with E-state index in [1.54, 1.807) is 18.2 Å². The van der Waals surface area contributed by atoms with Crippen LogP contribution in [0.15, 0.2) is 46.4 Å². The van der Waals surface area contributed by atoms with E-state index in [9.17, 15) is 9.59 Å². The van der Waals surface area contributed by atoms with E-state index < -0.39 is 11.8 Å². The number of furan rings is 1. The van der Waals surface area contributed by atoms with E-state index in [2.05, 4.69) is 5.32 Å². The zero-order valence-corrected chi connectivity index (χ0v) is 15.0. The molecule has 0 bridgehead atoms. The van der Waals surface area contributed by atoms with Gasteiger partial charge in [-0.25, -0.2) is 0 Å². The quantitative estimate of drug-likeness (QED) is 0.339. The van der Waals surface area contributed by atoms with Crippen LogP contribution in [0.4, 0.5) is 5.69 Å². The highest BCUT2D eigenvalue weighted by molar-refractivity contribution is 14.1. The predicted octanol–water partition coefficient (Wildman–Crippen LogP) is 3.02. The van der Waals surface area contributed by atoms with E-state index in [1.807, 2.05) is 47.7 Å². The summed E-state index contributed by atoms with van der Waals surface area (Å²) < 4.78 is 6.07. The summed E-state index contributed by atoms with van der Waals surface area (Å²) in [5, 5.41) is 2.62. The fourth-order valence-corrected chi connectivity index (χ4v) is 2.95. The van der Waals surface area contributed by atoms with E-state index in [0.29, 0.717) is 15.2 Å². The lowest BCUT2D eigenvalue weighted by Crippen LogP contribution is -2.54. The van der Waals surface area contributed by atoms with Crippen molar-refractivity contribution in [3.8, 4) is 0 Å². The topological polar surface area (TPSA) is 62.6 Å². The Hall–Kier alpha value is -2.00. The second kappa shape index (κ2) is 6.25. The van der Waals surface area contributed by atoms with Gasteiger partial charge in [0.25, 0.3) is 11.8 Å². The number of benzene rings is 1. The highest BCUT2D eigenvalue weighted by Gasteiger charge is 2.35. The minimum Gasteiger partial charge on any atom is -0.451 e. The van der Waals surface area contributed by atoms with Gasteiger partial charge in [0.15, 0.2) is 8.88 Å². The van der Waals surface area contributed by atoms with Crippen LogP contribution in [0, 0.1) is 10.7 Å². The maximum absolute atomic E-state index is 12.8. The van der Waals surface area contributed by atoms with Crippen LogP contribution in [-0.2, 0) is 9.59 Å². The molecular weight excluding hydrogens is 427 g/mol. The molecule has 2 amide bonds. The average Bonchev–Trinajstić information content (AvgIpc) is 2.91. The number of nitrogens with one attached hydrogen (secondary N) is 1. The van der Waals surface area contributed by atoms with Gasteiger partial charge in [0, 0.05) is 0 Å². The van der Waals surface area contributed by atoms with Crippen LogP contribution in [0.1, 0.15) is 11.3 Å². The second-order valence-electron chi connectivity index (χ2n) is 4.89. The van der Waals surface area contributed by atoms with E-state index in [-0.39, 0.29) is 10.7 Å². The first-order chi connectivity index (χ1) is 11.0. The monoisotopic (exact) mass is 438 g/mol. The number of hydrogen-bond acceptors (Lipinski definition) is 4. The largest absolute Gasteiger partial charge is 0.451 e. The van der Waals surface area contributed by atoms with E-state index >= 15 is 0 Å². The maximum Gasteiger partial charge on any atom is 0.270 e. The first-order valence-electron chi connectivity index (χ1n) is 6.70. The molecule has 0 radical (unpaired) electrons. The molecule has 0 unspecified atom stereocenters. The van der Waals surface area contributed by atoms with Crippen molar-refractivity contribution in [2.45, 2.75) is 6.92 Å². The summed E-state index contributed by atoms with van der Waals surface area (Å²) >= 11 is 7.18. The Morgan fingerprint density at radius 1 is 1.22 bits per heavy atom. The summed E-state index contributed by atoms with van der Waals surface area (Å²) in [6.07, 6.45) is 1.42. The van der Waals surface area contributed by atoms with Gasteiger partial charge < -0.3 is 4.42 Å². The summed E-state index contributed by atoms with van der Waals surface area (Å²) in [6, 6.07) is 10.8. The molecule has 7 heteroatoms. The molecule has 0 aliphatic carbocycles. The SMILES string of the molecule is Cc1ccccc1N1C(=O)/C(=C/c2ccc(I)o2)C(=O)NC1=S. The van der Waals surface area contributed by atoms with Crippen molar-refractivity contribution in [3.63, 3.8) is 0 Å². The fraction of sp³-hybridized carbons (Fsp3) is 0.0625. The van der Waals surface area contributed by atoms with Gasteiger partial charge in [0.1, 0.15) is 11.3 Å². The molecule has 1 aliphatic rings. The minimum absolute atomic E-state index is 0.0207. The highest BCUT2D eigenvalue weighted by atomic mass is 127. The maximum atomic E-state index is 12.8. The van der Waals surface area contributed by atoms with E-state index in [1.165, 1.54) is 11.0 Å². The van der Waals surface area contributed by atoms with Crippen molar-refractivity contribution in [3.05, 3.63) is 57.1 Å². The van der Waals surface area contributed by atoms with Crippen LogP contribution in [0.25, 0.3) is 6.08 Å². The molecule has 0 saturated carbocycles. The third-order valence-corrected chi connectivity index (χ3v) is 4.20. The van der Waals surface area contributed by atoms with Crippen molar-refractivity contribution < 1.29 is 14.0 Å². The number of rotatable bonds is 2. The summed E-state index contributed by atoms with van der Waals surface area (Å²) in [5.74, 6) is -0.568. The van der Waals surface area contributed by atoms with Crippen LogP contribution in [-0.4, -0.2) is 16.9 Å². The van der Waals surface area contributed by atoms with E-state index in [0.717, 1.165) is 5.56 Å². The van der Waals surface area contributed by atoms with Crippen LogP contribution in [0.3, 0.4) is 0 Å². The highest BCUT2D eigenvalue weighted by Crippen LogP contribution is 2.25. The van der Waals surface area contributed by atoms with Gasteiger partial charge in [-0.1, -0.05) is 18.2 Å². The summed E-state index contributed by atoms with van der Waals surface area (Å²) in [6.45, 7) is 1.87. The Kier molecular flexibility index (Phi) is 4.31. The third kappa shape index (κ3) is 3.06. The molecule has 3 rings (SSSR count). The first kappa shape index (κ1) is 15.9. The van der Waals surface area contributed by atoms with Gasteiger partial charge >= 0.3 is 0 Å². The third-order valence-electron chi connectivity index (χ3n) is 3.34. The second-order valence-corrected chi connectivity index (χ2v) is 6.34. The summed E-state index contributed by atoms with van der Waals surface area (Å²) in [7, 11) is 0. The lowest BCUT2D eigenvalue weighted by Gasteiger charge is -2.29. The van der Waals surface area contributed by atoms with Gasteiger partial charge in [0.2, 0.25) is 0 Å². The number of aryl methyl sites for hydroxylation is 1. The Morgan fingerprint density at radius 3 is 2.61 bits per heavy atom. The molecule has 2 aromatic rings. The Bertz CT molecular complexity index is 857. The number of carbonyl (C=O) groups excluding carboxylic acids is 2. The molecule has 1 aromatic heterocycles. The van der Waals surface area contributed by atoms with Gasteiger partial charge in [-0.15, -0.1) is 0 Å². The normalized spacial score (nSPS) is 16.9. The summed E-state index contributed by atoms with van der Waals surface area (Å²) in [5.41, 5.74) is 1.50. The molecule has 1 aromatic carbocycles. The molecule has 1 aliphatic heterocycles. The van der Waals surface area contributed by atoms with Crippen LogP contribution in [0.5, 0.6) is 0 Å². The number of hydrogen-bond donors (Lipinski definition) is 1. The Morgan fingerprint density at radius 2 is 1.96 bits per heavy atom. The molecule has 1 fully saturated rings. The molecular formula is C16H11IN2O3S. The smallest absolute Gasteiger partial charge is 0.270 e. The van der Waals surface area contributed by atoms with Crippen molar-refractivity contribution in [1.82, 2.24) is 5.32 Å². The minimum atomic E-state index is -0.531. The van der Waals surface area contributed by atoms with Crippen LogP contribution >= 0.6 is 34.8 Å². The van der Waals surface area contributed by atoms with Gasteiger partial charge in [-0.05, 0) is 71.6 Å². The molecule has 1 N–H and O–H groups in total. The first-order valence-corrected chi connectivity index (χ1v) is 8.18. The Labute approximate surface area is 151 Å². The number of amides is 2. The average molecular weight is 438 g/mol. The van der Waals surface area contributed by atoms with Gasteiger partial charge in [-0.2, -0.15) is 0 Å². The van der Waals surface area contributed by atoms with Crippen molar-refractivity contribution in [2.24, 2.45) is 0 Å². The fourth-order valence-electron chi connectivity index (χ4n) is 2.24. The summed E-state index contributed by atoms with van der Waals surface area (Å²) in [4.78, 5) is 26.2. The van der Waals surface area contributed by atoms with Crippen LogP contribution in [0.2, 0.25) is 0 Å². The van der Waals surface area contributed by atoms with Crippen LogP contribution < -0.4 is 10.2 Å². The number of thiocarbonyl (C=S) groups is 1. The predicted molar refractivity (Wildman–Crippen MR) is 98.8 cm³/mol. The molecule has 0 spiro atoms. The molecule has 0 atom stereocenters. The zero-order chi connectivity index (χ0) is 16.6. The lowest BCUT2D eigenvalue weighted by molar-refractivity contribution is -0.122. The molecule has 1 saturated heterocycles. The molecule has 116 valence electrons. The van der Waals surface area contributed by atoms with Crippen molar-refractivity contribution >= 4 is 63.5 Å². The van der Waals surface area contributed by atoms with Gasteiger partial charge in [0.05, 0.1) is 5.69 Å². The number of nitrogens with zero attached hydrogens (tertiary/aromatic N) is 1. The number of halogens is 1. The zero-order valence-electron chi connectivity index (χ0n) is 12.0. The molecule has 23 heavy (non-hydrogen) atoms. The van der Waals surface area contributed by atoms with Crippen molar-refractivity contribution in [2.75, 3.05) is 4.90 Å².